The molecule has 0 radical (unpaired) electrons. The van der Waals surface area contributed by atoms with E-state index < -0.39 is 10.0 Å². The molecule has 0 fully saturated rings. The number of aromatic nitrogens is 2. The zero-order valence-electron chi connectivity index (χ0n) is 12.1. The Morgan fingerprint density at radius 3 is 2.33 bits per heavy atom. The summed E-state index contributed by atoms with van der Waals surface area (Å²) in [5.41, 5.74) is 1.77. The zero-order valence-corrected chi connectivity index (χ0v) is 14.5. The largest absolute Gasteiger partial charge is 0.280 e. The number of hydrogen-bond donors (Lipinski definition) is 2. The van der Waals surface area contributed by atoms with Gasteiger partial charge in [0, 0.05) is 22.5 Å². The number of aromatic amines is 1. The van der Waals surface area contributed by atoms with Crippen molar-refractivity contribution in [2.75, 3.05) is 4.72 Å². The number of nitrogens with one attached hydrogen (secondary N) is 2. The third-order valence-electron chi connectivity index (χ3n) is 3.01. The van der Waals surface area contributed by atoms with Crippen LogP contribution in [0.2, 0.25) is 0 Å². The van der Waals surface area contributed by atoms with E-state index in [-0.39, 0.29) is 10.3 Å². The van der Waals surface area contributed by atoms with E-state index in [1.165, 1.54) is 0 Å². The molecule has 1 heterocycles. The van der Waals surface area contributed by atoms with Gasteiger partial charge in [-0.15, -0.1) is 0 Å². The summed E-state index contributed by atoms with van der Waals surface area (Å²) in [4.78, 5) is 0.215. The number of hydrogen-bond acceptors (Lipinski definition) is 3. The first-order valence-electron chi connectivity index (χ1n) is 6.46. The first kappa shape index (κ1) is 16.0. The number of nitrogens with zero attached hydrogens (tertiary/aromatic N) is 1. The normalized spacial score (nSPS) is 12.4. The van der Waals surface area contributed by atoms with Gasteiger partial charge in [-0.05, 0) is 17.7 Å². The van der Waals surface area contributed by atoms with Gasteiger partial charge in [0.05, 0.1) is 4.90 Å². The maximum Gasteiger partial charge on any atom is 0.263 e. The summed E-state index contributed by atoms with van der Waals surface area (Å²) in [6.45, 7) is 6.08. The Labute approximate surface area is 133 Å². The highest BCUT2D eigenvalue weighted by atomic mass is 79.9. The number of benzene rings is 1. The summed E-state index contributed by atoms with van der Waals surface area (Å²) >= 11 is 3.33. The van der Waals surface area contributed by atoms with E-state index in [2.05, 4.69) is 30.8 Å². The second-order valence-corrected chi connectivity index (χ2v) is 8.04. The van der Waals surface area contributed by atoms with Crippen LogP contribution in [0.4, 0.5) is 5.82 Å². The molecule has 0 aliphatic carbocycles. The molecule has 0 saturated heterocycles. The maximum atomic E-state index is 12.3. The molecule has 0 bridgehead atoms. The number of alkyl halides is 1. The first-order valence-corrected chi connectivity index (χ1v) is 9.06. The average molecular weight is 372 g/mol. The van der Waals surface area contributed by atoms with Crippen molar-refractivity contribution in [2.24, 2.45) is 0 Å². The number of sulfonamides is 1. The Balaban J connectivity index is 2.22. The molecule has 114 valence electrons. The minimum absolute atomic E-state index is 0.117. The highest BCUT2D eigenvalue weighted by Crippen LogP contribution is 2.23. The number of rotatable bonds is 4. The van der Waals surface area contributed by atoms with Crippen molar-refractivity contribution in [2.45, 2.75) is 36.4 Å². The molecule has 0 unspecified atom stereocenters. The molecule has 0 spiro atoms. The van der Waals surface area contributed by atoms with Crippen LogP contribution in [0.1, 0.15) is 32.0 Å². The molecular weight excluding hydrogens is 354 g/mol. The SMILES string of the molecule is CC(C)(C)c1cc(NS(=O)(=O)c2ccc(CBr)cc2)n[nH]1. The van der Waals surface area contributed by atoms with Crippen molar-refractivity contribution in [3.63, 3.8) is 0 Å². The van der Waals surface area contributed by atoms with Gasteiger partial charge in [0.15, 0.2) is 5.82 Å². The van der Waals surface area contributed by atoms with Gasteiger partial charge in [0.2, 0.25) is 0 Å². The lowest BCUT2D eigenvalue weighted by Crippen LogP contribution is -2.13. The smallest absolute Gasteiger partial charge is 0.263 e. The molecule has 0 aliphatic heterocycles. The topological polar surface area (TPSA) is 74.8 Å². The second-order valence-electron chi connectivity index (χ2n) is 5.80. The number of H-pyrrole nitrogens is 1. The molecule has 0 saturated carbocycles. The van der Waals surface area contributed by atoms with Gasteiger partial charge in [-0.1, -0.05) is 48.8 Å². The quantitative estimate of drug-likeness (QED) is 0.808. The molecule has 0 amide bonds. The lowest BCUT2D eigenvalue weighted by atomic mass is 9.92. The van der Waals surface area contributed by atoms with Crippen molar-refractivity contribution in [1.82, 2.24) is 10.2 Å². The Morgan fingerprint density at radius 2 is 1.86 bits per heavy atom. The molecule has 2 rings (SSSR count). The summed E-state index contributed by atoms with van der Waals surface area (Å²) in [5.74, 6) is 0.296. The first-order chi connectivity index (χ1) is 9.72. The third-order valence-corrected chi connectivity index (χ3v) is 5.03. The maximum absolute atomic E-state index is 12.3. The van der Waals surface area contributed by atoms with Crippen LogP contribution in [0.25, 0.3) is 0 Å². The van der Waals surface area contributed by atoms with Crippen LogP contribution in [-0.2, 0) is 20.8 Å². The van der Waals surface area contributed by atoms with Gasteiger partial charge < -0.3 is 0 Å². The predicted molar refractivity (Wildman–Crippen MR) is 87.2 cm³/mol. The van der Waals surface area contributed by atoms with Crippen molar-refractivity contribution >= 4 is 31.8 Å². The van der Waals surface area contributed by atoms with Crippen LogP contribution >= 0.6 is 15.9 Å². The summed E-state index contributed by atoms with van der Waals surface area (Å²) in [5, 5.41) is 7.55. The molecule has 0 atom stereocenters. The summed E-state index contributed by atoms with van der Waals surface area (Å²) in [7, 11) is -3.62. The van der Waals surface area contributed by atoms with Crippen molar-refractivity contribution in [3.05, 3.63) is 41.6 Å². The highest BCUT2D eigenvalue weighted by molar-refractivity contribution is 9.08. The molecule has 5 nitrogen and oxygen atoms in total. The summed E-state index contributed by atoms with van der Waals surface area (Å²) in [6.07, 6.45) is 0. The van der Waals surface area contributed by atoms with Crippen LogP contribution in [0.5, 0.6) is 0 Å². The predicted octanol–water partition coefficient (Wildman–Crippen LogP) is 3.40. The fraction of sp³-hybridized carbons (Fsp3) is 0.357. The van der Waals surface area contributed by atoms with Gasteiger partial charge in [-0.25, -0.2) is 8.42 Å². The summed E-state index contributed by atoms with van der Waals surface area (Å²) in [6, 6.07) is 8.42. The van der Waals surface area contributed by atoms with E-state index in [0.29, 0.717) is 11.1 Å². The van der Waals surface area contributed by atoms with E-state index >= 15 is 0 Å². The molecule has 1 aromatic heterocycles. The Morgan fingerprint density at radius 1 is 1.24 bits per heavy atom. The van der Waals surface area contributed by atoms with E-state index in [0.717, 1.165) is 11.3 Å². The zero-order chi connectivity index (χ0) is 15.7. The number of halogens is 1. The Hall–Kier alpha value is -1.34. The fourth-order valence-corrected chi connectivity index (χ4v) is 3.08. The Bertz CT molecular complexity index is 715. The third kappa shape index (κ3) is 3.85. The van der Waals surface area contributed by atoms with E-state index in [1.807, 2.05) is 20.8 Å². The molecule has 21 heavy (non-hydrogen) atoms. The fourth-order valence-electron chi connectivity index (χ4n) is 1.71. The van der Waals surface area contributed by atoms with E-state index in [4.69, 9.17) is 0 Å². The van der Waals surface area contributed by atoms with Crippen LogP contribution in [0.15, 0.2) is 35.2 Å². The highest BCUT2D eigenvalue weighted by Gasteiger charge is 2.20. The van der Waals surface area contributed by atoms with Gasteiger partial charge in [0.1, 0.15) is 0 Å². The molecular formula is C14H18BrN3O2S. The lowest BCUT2D eigenvalue weighted by molar-refractivity contribution is 0.567. The monoisotopic (exact) mass is 371 g/mol. The molecule has 7 heteroatoms. The minimum Gasteiger partial charge on any atom is -0.280 e. The standard InChI is InChI=1S/C14H18BrN3O2S/c1-14(2,3)12-8-13(17-16-12)18-21(19,20)11-6-4-10(9-15)5-7-11/h4-8H,9H2,1-3H3,(H2,16,17,18). The minimum atomic E-state index is -3.62. The van der Waals surface area contributed by atoms with Crippen molar-refractivity contribution < 1.29 is 8.42 Å². The second kappa shape index (κ2) is 5.81. The summed E-state index contributed by atoms with van der Waals surface area (Å²) < 4.78 is 27.0. The van der Waals surface area contributed by atoms with Crippen LogP contribution < -0.4 is 4.72 Å². The van der Waals surface area contributed by atoms with Crippen molar-refractivity contribution in [1.29, 1.82) is 0 Å². The van der Waals surface area contributed by atoms with Crippen LogP contribution in [-0.4, -0.2) is 18.6 Å². The molecule has 2 N–H and O–H groups in total. The van der Waals surface area contributed by atoms with Gasteiger partial charge in [0.25, 0.3) is 10.0 Å². The van der Waals surface area contributed by atoms with E-state index in [9.17, 15) is 8.42 Å². The van der Waals surface area contributed by atoms with Gasteiger partial charge >= 0.3 is 0 Å². The van der Waals surface area contributed by atoms with Gasteiger partial charge in [-0.3, -0.25) is 9.82 Å². The Kier molecular flexibility index (Phi) is 4.43. The number of anilines is 1. The molecule has 1 aromatic carbocycles. The van der Waals surface area contributed by atoms with Crippen LogP contribution in [0, 0.1) is 0 Å². The molecule has 2 aromatic rings. The average Bonchev–Trinajstić information content (AvgIpc) is 2.86. The lowest BCUT2D eigenvalue weighted by Gasteiger charge is -2.14. The van der Waals surface area contributed by atoms with Crippen molar-refractivity contribution in [3.8, 4) is 0 Å². The van der Waals surface area contributed by atoms with E-state index in [1.54, 1.807) is 30.3 Å². The van der Waals surface area contributed by atoms with Gasteiger partial charge in [-0.2, -0.15) is 5.10 Å². The molecule has 0 aliphatic rings. The van der Waals surface area contributed by atoms with Crippen LogP contribution in [0.3, 0.4) is 0 Å².